The highest BCUT2D eigenvalue weighted by Gasteiger charge is 1.99. The summed E-state index contributed by atoms with van der Waals surface area (Å²) < 4.78 is 0. The van der Waals surface area contributed by atoms with Gasteiger partial charge in [0.1, 0.15) is 0 Å². The maximum atomic E-state index is 5.54. The second-order valence-corrected chi connectivity index (χ2v) is 6.18. The Labute approximate surface area is 149 Å². The fourth-order valence-corrected chi connectivity index (χ4v) is 2.83. The predicted octanol–water partition coefficient (Wildman–Crippen LogP) is 6.35. The summed E-state index contributed by atoms with van der Waals surface area (Å²) in [5.74, 6) is 0. The van der Waals surface area contributed by atoms with Gasteiger partial charge in [-0.05, 0) is 46.4 Å². The normalized spacial score (nSPS) is 10.9. The van der Waals surface area contributed by atoms with Crippen LogP contribution >= 0.6 is 12.2 Å². The van der Waals surface area contributed by atoms with E-state index < -0.39 is 0 Å². The first-order valence-electron chi connectivity index (χ1n) is 8.23. The van der Waals surface area contributed by atoms with Gasteiger partial charge in [0, 0.05) is 4.86 Å². The standard InChI is InChI=1S/C23H20S/c1-2-18-11-14-21(15-12-18)23(24)16-13-19-7-6-10-22(17-19)20-8-4-3-5-9-20/h3-17H,2H2,1H3. The molecule has 0 N–H and O–H groups in total. The number of hydrogen-bond acceptors (Lipinski definition) is 1. The van der Waals surface area contributed by atoms with Crippen LogP contribution < -0.4 is 0 Å². The van der Waals surface area contributed by atoms with Gasteiger partial charge in [-0.25, -0.2) is 0 Å². The molecule has 0 heterocycles. The minimum Gasteiger partial charge on any atom is -0.0795 e. The monoisotopic (exact) mass is 328 g/mol. The minimum atomic E-state index is 0.864. The molecule has 0 bridgehead atoms. The molecule has 0 aromatic heterocycles. The molecule has 118 valence electrons. The molecule has 1 heteroatoms. The minimum absolute atomic E-state index is 0.864. The molecule has 0 atom stereocenters. The molecule has 3 aromatic carbocycles. The summed E-state index contributed by atoms with van der Waals surface area (Å²) in [6, 6.07) is 27.4. The summed E-state index contributed by atoms with van der Waals surface area (Å²) in [6.45, 7) is 2.16. The highest BCUT2D eigenvalue weighted by Crippen LogP contribution is 2.20. The van der Waals surface area contributed by atoms with E-state index in [-0.39, 0.29) is 0 Å². The third-order valence-electron chi connectivity index (χ3n) is 4.07. The van der Waals surface area contributed by atoms with Crippen molar-refractivity contribution in [1.29, 1.82) is 0 Å². The van der Waals surface area contributed by atoms with E-state index in [1.807, 2.05) is 12.1 Å². The van der Waals surface area contributed by atoms with Crippen molar-refractivity contribution in [2.75, 3.05) is 0 Å². The average Bonchev–Trinajstić information content (AvgIpc) is 2.67. The lowest BCUT2D eigenvalue weighted by Gasteiger charge is -2.03. The van der Waals surface area contributed by atoms with Crippen molar-refractivity contribution in [3.05, 3.63) is 102 Å². The molecule has 24 heavy (non-hydrogen) atoms. The van der Waals surface area contributed by atoms with Gasteiger partial charge >= 0.3 is 0 Å². The summed E-state index contributed by atoms with van der Waals surface area (Å²) in [5, 5.41) is 0. The van der Waals surface area contributed by atoms with Crippen molar-refractivity contribution >= 4 is 23.2 Å². The average molecular weight is 328 g/mol. The molecule has 0 aliphatic carbocycles. The molecule has 0 unspecified atom stereocenters. The fourth-order valence-electron chi connectivity index (χ4n) is 2.63. The van der Waals surface area contributed by atoms with Crippen LogP contribution in [0.25, 0.3) is 17.2 Å². The molecule has 0 radical (unpaired) electrons. The molecule has 0 aliphatic heterocycles. The Morgan fingerprint density at radius 1 is 0.833 bits per heavy atom. The van der Waals surface area contributed by atoms with E-state index in [4.69, 9.17) is 12.2 Å². The van der Waals surface area contributed by atoms with Crippen molar-refractivity contribution in [3.63, 3.8) is 0 Å². The van der Waals surface area contributed by atoms with E-state index in [9.17, 15) is 0 Å². The zero-order valence-corrected chi connectivity index (χ0v) is 14.6. The van der Waals surface area contributed by atoms with Gasteiger partial charge in [0.2, 0.25) is 0 Å². The van der Waals surface area contributed by atoms with Gasteiger partial charge in [-0.15, -0.1) is 0 Å². The van der Waals surface area contributed by atoms with Crippen molar-refractivity contribution in [1.82, 2.24) is 0 Å². The van der Waals surface area contributed by atoms with Crippen LogP contribution in [0.4, 0.5) is 0 Å². The van der Waals surface area contributed by atoms with Crippen molar-refractivity contribution < 1.29 is 0 Å². The summed E-state index contributed by atoms with van der Waals surface area (Å²) >= 11 is 5.54. The van der Waals surface area contributed by atoms with E-state index >= 15 is 0 Å². The zero-order valence-electron chi connectivity index (χ0n) is 13.8. The Kier molecular flexibility index (Phi) is 5.35. The maximum absolute atomic E-state index is 5.54. The summed E-state index contributed by atoms with van der Waals surface area (Å²) in [5.41, 5.74) is 6.03. The Morgan fingerprint density at radius 3 is 2.25 bits per heavy atom. The Morgan fingerprint density at radius 2 is 1.54 bits per heavy atom. The number of rotatable bonds is 5. The molecule has 0 saturated carbocycles. The van der Waals surface area contributed by atoms with E-state index in [2.05, 4.69) is 85.8 Å². The number of thiocarbonyl (C=S) groups is 1. The molecular formula is C23H20S. The summed E-state index contributed by atoms with van der Waals surface area (Å²) in [7, 11) is 0. The van der Waals surface area contributed by atoms with Gasteiger partial charge in [-0.1, -0.05) is 98.0 Å². The summed E-state index contributed by atoms with van der Waals surface area (Å²) in [6.07, 6.45) is 5.15. The first kappa shape index (κ1) is 16.4. The van der Waals surface area contributed by atoms with Gasteiger partial charge < -0.3 is 0 Å². The molecule has 0 aliphatic rings. The van der Waals surface area contributed by atoms with Gasteiger partial charge in [0.25, 0.3) is 0 Å². The molecule has 0 nitrogen and oxygen atoms in total. The molecule has 0 saturated heterocycles. The van der Waals surface area contributed by atoms with Crippen LogP contribution in [0.2, 0.25) is 0 Å². The Balaban J connectivity index is 1.77. The third-order valence-corrected chi connectivity index (χ3v) is 4.44. The predicted molar refractivity (Wildman–Crippen MR) is 108 cm³/mol. The lowest BCUT2D eigenvalue weighted by atomic mass is 10.0. The van der Waals surface area contributed by atoms with Gasteiger partial charge in [-0.2, -0.15) is 0 Å². The van der Waals surface area contributed by atoms with Crippen LogP contribution in [0.1, 0.15) is 23.6 Å². The number of aryl methyl sites for hydroxylation is 1. The quantitative estimate of drug-likeness (QED) is 0.299. The van der Waals surface area contributed by atoms with Crippen LogP contribution in [0.5, 0.6) is 0 Å². The van der Waals surface area contributed by atoms with E-state index in [0.717, 1.165) is 22.4 Å². The highest BCUT2D eigenvalue weighted by atomic mass is 32.1. The summed E-state index contributed by atoms with van der Waals surface area (Å²) in [4.78, 5) is 0.864. The third kappa shape index (κ3) is 4.06. The van der Waals surface area contributed by atoms with Crippen LogP contribution in [0.3, 0.4) is 0 Å². The highest BCUT2D eigenvalue weighted by molar-refractivity contribution is 7.81. The fraction of sp³-hybridized carbons (Fsp3) is 0.0870. The lowest BCUT2D eigenvalue weighted by Crippen LogP contribution is -1.92. The second kappa shape index (κ2) is 7.85. The molecule has 0 amide bonds. The van der Waals surface area contributed by atoms with Crippen LogP contribution in [-0.4, -0.2) is 4.86 Å². The number of hydrogen-bond donors (Lipinski definition) is 0. The first-order chi connectivity index (χ1) is 11.8. The van der Waals surface area contributed by atoms with Gasteiger partial charge in [-0.3, -0.25) is 0 Å². The topological polar surface area (TPSA) is 0 Å². The second-order valence-electron chi connectivity index (χ2n) is 5.74. The van der Waals surface area contributed by atoms with E-state index in [0.29, 0.717) is 0 Å². The maximum Gasteiger partial charge on any atom is 0.0449 e. The van der Waals surface area contributed by atoms with Crippen LogP contribution in [0, 0.1) is 0 Å². The van der Waals surface area contributed by atoms with Crippen LogP contribution in [0.15, 0.2) is 84.9 Å². The lowest BCUT2D eigenvalue weighted by molar-refractivity contribution is 1.14. The number of benzene rings is 3. The first-order valence-corrected chi connectivity index (χ1v) is 8.64. The molecule has 3 rings (SSSR count). The largest absolute Gasteiger partial charge is 0.0795 e. The van der Waals surface area contributed by atoms with Gasteiger partial charge in [0.15, 0.2) is 0 Å². The zero-order chi connectivity index (χ0) is 16.8. The SMILES string of the molecule is CCc1ccc(C(=S)C=Cc2cccc(-c3ccccc3)c2)cc1. The number of allylic oxidation sites excluding steroid dienone is 1. The molecule has 0 fully saturated rings. The smallest absolute Gasteiger partial charge is 0.0449 e. The van der Waals surface area contributed by atoms with Crippen molar-refractivity contribution in [2.24, 2.45) is 0 Å². The van der Waals surface area contributed by atoms with Crippen molar-refractivity contribution in [2.45, 2.75) is 13.3 Å². The van der Waals surface area contributed by atoms with E-state index in [1.165, 1.54) is 16.7 Å². The van der Waals surface area contributed by atoms with E-state index in [1.54, 1.807) is 0 Å². The molecule has 0 spiro atoms. The Bertz CT molecular complexity index is 843. The molecule has 3 aromatic rings. The van der Waals surface area contributed by atoms with Crippen LogP contribution in [-0.2, 0) is 6.42 Å². The Hall–Kier alpha value is -2.51. The molecular weight excluding hydrogens is 308 g/mol. The van der Waals surface area contributed by atoms with Crippen molar-refractivity contribution in [3.8, 4) is 11.1 Å². The van der Waals surface area contributed by atoms with Gasteiger partial charge in [0.05, 0.1) is 0 Å².